The topological polar surface area (TPSA) is 96.5 Å². The van der Waals surface area contributed by atoms with Crippen molar-refractivity contribution < 1.29 is 19.4 Å². The zero-order chi connectivity index (χ0) is 20.9. The van der Waals surface area contributed by atoms with Crippen LogP contribution in [0.4, 0.5) is 0 Å². The van der Waals surface area contributed by atoms with Crippen molar-refractivity contribution in [1.29, 1.82) is 0 Å². The summed E-state index contributed by atoms with van der Waals surface area (Å²) in [6, 6.07) is 21.4. The highest BCUT2D eigenvalue weighted by atomic mass is 16.4. The van der Waals surface area contributed by atoms with Gasteiger partial charge in [0.2, 0.25) is 5.89 Å². The van der Waals surface area contributed by atoms with Crippen LogP contribution in [0.15, 0.2) is 83.5 Å². The fourth-order valence-corrected chi connectivity index (χ4v) is 3.15. The number of rotatable bonds is 7. The van der Waals surface area contributed by atoms with Crippen LogP contribution in [0.3, 0.4) is 0 Å². The lowest BCUT2D eigenvalue weighted by Gasteiger charge is -2.08. The van der Waals surface area contributed by atoms with Crippen molar-refractivity contribution in [3.05, 3.63) is 96.1 Å². The van der Waals surface area contributed by atoms with Crippen LogP contribution < -0.4 is 0 Å². The second-order valence-corrected chi connectivity index (χ2v) is 6.92. The molecule has 1 atom stereocenters. The Kier molecular flexibility index (Phi) is 5.68. The molecule has 0 aliphatic rings. The van der Waals surface area contributed by atoms with Gasteiger partial charge in [-0.05, 0) is 41.7 Å². The maximum absolute atomic E-state index is 10.9. The van der Waals surface area contributed by atoms with Crippen LogP contribution in [0, 0.1) is 0 Å². The van der Waals surface area contributed by atoms with Gasteiger partial charge in [-0.1, -0.05) is 54.6 Å². The maximum atomic E-state index is 10.9. The van der Waals surface area contributed by atoms with E-state index < -0.39 is 12.1 Å². The molecule has 0 spiro atoms. The summed E-state index contributed by atoms with van der Waals surface area (Å²) in [4.78, 5) is 19.1. The van der Waals surface area contributed by atoms with Gasteiger partial charge in [0.25, 0.3) is 0 Å². The van der Waals surface area contributed by atoms with E-state index in [0.29, 0.717) is 24.3 Å². The Morgan fingerprint density at radius 2 is 1.63 bits per heavy atom. The highest BCUT2D eigenvalue weighted by Gasteiger charge is 2.16. The molecule has 0 saturated carbocycles. The molecule has 2 aromatic carbocycles. The lowest BCUT2D eigenvalue weighted by molar-refractivity contribution is 0.0696. The van der Waals surface area contributed by atoms with Crippen LogP contribution in [0.1, 0.15) is 34.3 Å². The SMILES string of the molecule is O=C(O)c1ccc(-c2cnc(C(O)CCc3ccc(-c4ccccc4)cc3)o2)nc1. The standard InChI is InChI=1S/C24H20N2O4/c27-21(13-8-16-6-9-18(10-7-16)17-4-2-1-3-5-17)23-26-15-22(30-23)20-12-11-19(14-25-20)24(28)29/h1-7,9-12,14-15,21,27H,8,13H2,(H,28,29). The Bertz CT molecular complexity index is 1120. The third kappa shape index (κ3) is 4.45. The molecule has 2 N–H and O–H groups in total. The van der Waals surface area contributed by atoms with Gasteiger partial charge in [-0.25, -0.2) is 9.78 Å². The van der Waals surface area contributed by atoms with Crippen LogP contribution in [-0.4, -0.2) is 26.2 Å². The van der Waals surface area contributed by atoms with Crippen LogP contribution in [0.5, 0.6) is 0 Å². The van der Waals surface area contributed by atoms with Crippen molar-refractivity contribution in [3.63, 3.8) is 0 Å². The van der Waals surface area contributed by atoms with Crippen LogP contribution in [0.2, 0.25) is 0 Å². The Balaban J connectivity index is 1.37. The Morgan fingerprint density at radius 1 is 0.900 bits per heavy atom. The molecule has 0 amide bonds. The average Bonchev–Trinajstić information content (AvgIpc) is 3.29. The summed E-state index contributed by atoms with van der Waals surface area (Å²) in [7, 11) is 0. The molecular formula is C24H20N2O4. The lowest BCUT2D eigenvalue weighted by atomic mass is 10.0. The van der Waals surface area contributed by atoms with Crippen LogP contribution in [0.25, 0.3) is 22.6 Å². The van der Waals surface area contributed by atoms with Crippen LogP contribution >= 0.6 is 0 Å². The van der Waals surface area contributed by atoms with Crippen molar-refractivity contribution in [2.75, 3.05) is 0 Å². The van der Waals surface area contributed by atoms with E-state index in [1.54, 1.807) is 6.07 Å². The maximum Gasteiger partial charge on any atom is 0.337 e. The van der Waals surface area contributed by atoms with Crippen molar-refractivity contribution >= 4 is 5.97 Å². The third-order valence-electron chi connectivity index (χ3n) is 4.84. The number of pyridine rings is 1. The molecule has 4 rings (SSSR count). The molecule has 0 aliphatic heterocycles. The number of aromatic nitrogens is 2. The Labute approximate surface area is 173 Å². The number of aliphatic hydroxyl groups is 1. The molecule has 30 heavy (non-hydrogen) atoms. The number of benzene rings is 2. The molecule has 6 nitrogen and oxygen atoms in total. The van der Waals surface area contributed by atoms with E-state index in [1.165, 1.54) is 24.0 Å². The highest BCUT2D eigenvalue weighted by Crippen LogP contribution is 2.25. The van der Waals surface area contributed by atoms with E-state index in [2.05, 4.69) is 46.4 Å². The molecule has 1 unspecified atom stereocenters. The van der Waals surface area contributed by atoms with E-state index in [1.807, 2.05) is 18.2 Å². The van der Waals surface area contributed by atoms with Crippen molar-refractivity contribution in [2.24, 2.45) is 0 Å². The summed E-state index contributed by atoms with van der Waals surface area (Å²) in [6.07, 6.45) is 3.05. The van der Waals surface area contributed by atoms with Crippen LogP contribution in [-0.2, 0) is 6.42 Å². The first-order valence-corrected chi connectivity index (χ1v) is 9.58. The molecule has 0 radical (unpaired) electrons. The minimum absolute atomic E-state index is 0.0943. The molecule has 2 heterocycles. The summed E-state index contributed by atoms with van der Waals surface area (Å²) < 4.78 is 5.63. The van der Waals surface area contributed by atoms with E-state index in [-0.39, 0.29) is 11.5 Å². The molecule has 6 heteroatoms. The second kappa shape index (κ2) is 8.71. The fourth-order valence-electron chi connectivity index (χ4n) is 3.15. The molecular weight excluding hydrogens is 380 g/mol. The molecule has 0 bridgehead atoms. The number of oxazole rings is 1. The summed E-state index contributed by atoms with van der Waals surface area (Å²) in [5.74, 6) is -0.442. The van der Waals surface area contributed by atoms with E-state index in [4.69, 9.17) is 9.52 Å². The number of nitrogens with zero attached hydrogens (tertiary/aromatic N) is 2. The van der Waals surface area contributed by atoms with Gasteiger partial charge in [-0.15, -0.1) is 0 Å². The number of carbonyl (C=O) groups is 1. The zero-order valence-electron chi connectivity index (χ0n) is 16.1. The third-order valence-corrected chi connectivity index (χ3v) is 4.84. The fraction of sp³-hybridized carbons (Fsp3) is 0.125. The van der Waals surface area contributed by atoms with Gasteiger partial charge in [0.15, 0.2) is 5.76 Å². The molecule has 0 fully saturated rings. The highest BCUT2D eigenvalue weighted by molar-refractivity contribution is 5.87. The van der Waals surface area contributed by atoms with Gasteiger partial charge in [-0.3, -0.25) is 4.98 Å². The van der Waals surface area contributed by atoms with Gasteiger partial charge in [0.05, 0.1) is 11.8 Å². The van der Waals surface area contributed by atoms with Crippen molar-refractivity contribution in [2.45, 2.75) is 18.9 Å². The van der Waals surface area contributed by atoms with Gasteiger partial charge in [0.1, 0.15) is 11.8 Å². The monoisotopic (exact) mass is 400 g/mol. The molecule has 2 aromatic heterocycles. The Morgan fingerprint density at radius 3 is 2.30 bits per heavy atom. The average molecular weight is 400 g/mol. The number of aromatic carboxylic acids is 1. The summed E-state index contributed by atoms with van der Waals surface area (Å²) >= 11 is 0. The lowest BCUT2D eigenvalue weighted by Crippen LogP contribution is -2.00. The summed E-state index contributed by atoms with van der Waals surface area (Å²) in [5.41, 5.74) is 3.99. The normalized spacial score (nSPS) is 11.9. The number of aliphatic hydroxyl groups excluding tert-OH is 1. The van der Waals surface area contributed by atoms with Gasteiger partial charge < -0.3 is 14.6 Å². The van der Waals surface area contributed by atoms with Gasteiger partial charge in [-0.2, -0.15) is 0 Å². The smallest absolute Gasteiger partial charge is 0.337 e. The zero-order valence-corrected chi connectivity index (χ0v) is 16.1. The summed E-state index contributed by atoms with van der Waals surface area (Å²) in [5, 5.41) is 19.4. The van der Waals surface area contributed by atoms with E-state index in [0.717, 1.165) is 11.1 Å². The first-order chi connectivity index (χ1) is 14.6. The quantitative estimate of drug-likeness (QED) is 0.464. The van der Waals surface area contributed by atoms with E-state index in [9.17, 15) is 9.90 Å². The number of hydrogen-bond acceptors (Lipinski definition) is 5. The number of hydrogen-bond donors (Lipinski definition) is 2. The molecule has 150 valence electrons. The number of carboxylic acids is 1. The first kappa shape index (κ1) is 19.5. The summed E-state index contributed by atoms with van der Waals surface area (Å²) in [6.45, 7) is 0. The predicted octanol–water partition coefficient (Wildman–Crippen LogP) is 4.77. The first-order valence-electron chi connectivity index (χ1n) is 9.58. The largest absolute Gasteiger partial charge is 0.478 e. The molecule has 0 saturated heterocycles. The van der Waals surface area contributed by atoms with E-state index >= 15 is 0 Å². The Hall–Kier alpha value is -3.77. The molecule has 4 aromatic rings. The predicted molar refractivity (Wildman–Crippen MR) is 112 cm³/mol. The van der Waals surface area contributed by atoms with Gasteiger partial charge >= 0.3 is 5.97 Å². The minimum atomic E-state index is -1.04. The number of carboxylic acid groups (broad SMARTS) is 1. The van der Waals surface area contributed by atoms with Gasteiger partial charge in [0, 0.05) is 6.20 Å². The number of aryl methyl sites for hydroxylation is 1. The second-order valence-electron chi connectivity index (χ2n) is 6.92. The van der Waals surface area contributed by atoms with Crippen molar-refractivity contribution in [3.8, 4) is 22.6 Å². The molecule has 0 aliphatic carbocycles. The van der Waals surface area contributed by atoms with Crippen molar-refractivity contribution in [1.82, 2.24) is 9.97 Å². The minimum Gasteiger partial charge on any atom is -0.478 e.